The molecule has 0 atom stereocenters. The van der Waals surface area contributed by atoms with E-state index in [-0.39, 0.29) is 16.8 Å². The van der Waals surface area contributed by atoms with Crippen LogP contribution in [0.1, 0.15) is 11.3 Å². The van der Waals surface area contributed by atoms with Crippen molar-refractivity contribution in [2.75, 3.05) is 10.0 Å². The first-order valence-corrected chi connectivity index (χ1v) is 10.8. The lowest BCUT2D eigenvalue weighted by atomic mass is 10.2. The van der Waals surface area contributed by atoms with E-state index in [1.807, 2.05) is 24.3 Å². The number of aromatic nitrogens is 2. The van der Waals surface area contributed by atoms with Gasteiger partial charge in [-0.25, -0.2) is 23.1 Å². The summed E-state index contributed by atoms with van der Waals surface area (Å²) >= 11 is 3.35. The Bertz CT molecular complexity index is 1150. The molecule has 1 heterocycles. The lowest BCUT2D eigenvalue weighted by molar-refractivity contribution is -0.111. The van der Waals surface area contributed by atoms with Gasteiger partial charge in [-0.15, -0.1) is 0 Å². The molecule has 0 unspecified atom stereocenters. The Labute approximate surface area is 177 Å². The summed E-state index contributed by atoms with van der Waals surface area (Å²) in [7, 11) is -3.83. The molecule has 1 aromatic heterocycles. The molecule has 9 heteroatoms. The highest BCUT2D eigenvalue weighted by atomic mass is 79.9. The third kappa shape index (κ3) is 5.97. The molecule has 0 saturated heterocycles. The molecule has 0 aliphatic rings. The highest BCUT2D eigenvalue weighted by molar-refractivity contribution is 9.10. The molecule has 0 aliphatic carbocycles. The third-order valence-corrected chi connectivity index (χ3v) is 5.62. The van der Waals surface area contributed by atoms with Gasteiger partial charge >= 0.3 is 0 Å². The van der Waals surface area contributed by atoms with Crippen molar-refractivity contribution in [2.24, 2.45) is 0 Å². The van der Waals surface area contributed by atoms with E-state index >= 15 is 0 Å². The number of aryl methyl sites for hydroxylation is 1. The lowest BCUT2D eigenvalue weighted by Gasteiger charge is -2.08. The average Bonchev–Trinajstić information content (AvgIpc) is 2.68. The maximum Gasteiger partial charge on any atom is 0.264 e. The average molecular weight is 473 g/mol. The Hall–Kier alpha value is -3.04. The molecule has 1 amide bonds. The fraction of sp³-hybridized carbons (Fsp3) is 0.0500. The number of carbonyl (C=O) groups excluding carboxylic acids is 1. The number of rotatable bonds is 6. The van der Waals surface area contributed by atoms with Gasteiger partial charge in [0.15, 0.2) is 0 Å². The molecule has 2 N–H and O–H groups in total. The summed E-state index contributed by atoms with van der Waals surface area (Å²) in [4.78, 5) is 20.0. The molecule has 148 valence electrons. The smallest absolute Gasteiger partial charge is 0.264 e. The number of benzene rings is 2. The Morgan fingerprint density at radius 2 is 1.72 bits per heavy atom. The summed E-state index contributed by atoms with van der Waals surface area (Å²) in [5, 5.41) is 2.68. The van der Waals surface area contributed by atoms with Crippen LogP contribution in [0.4, 0.5) is 11.6 Å². The van der Waals surface area contributed by atoms with Crippen molar-refractivity contribution in [3.8, 4) is 0 Å². The van der Waals surface area contributed by atoms with Gasteiger partial charge in [0.05, 0.1) is 4.90 Å². The molecule has 29 heavy (non-hydrogen) atoms. The fourth-order valence-electron chi connectivity index (χ4n) is 2.32. The van der Waals surface area contributed by atoms with Crippen molar-refractivity contribution < 1.29 is 13.2 Å². The first-order chi connectivity index (χ1) is 13.8. The number of nitrogens with zero attached hydrogens (tertiary/aromatic N) is 2. The minimum Gasteiger partial charge on any atom is -0.323 e. The van der Waals surface area contributed by atoms with E-state index in [0.29, 0.717) is 11.4 Å². The second-order valence-corrected chi connectivity index (χ2v) is 8.62. The number of amides is 1. The van der Waals surface area contributed by atoms with Crippen LogP contribution in [0.2, 0.25) is 0 Å². The van der Waals surface area contributed by atoms with Crippen LogP contribution in [0.15, 0.2) is 76.2 Å². The number of hydrogen-bond acceptors (Lipinski definition) is 5. The maximum absolute atomic E-state index is 12.4. The van der Waals surface area contributed by atoms with Crippen LogP contribution in [0.25, 0.3) is 6.08 Å². The summed E-state index contributed by atoms with van der Waals surface area (Å²) < 4.78 is 28.2. The van der Waals surface area contributed by atoms with Gasteiger partial charge in [-0.1, -0.05) is 28.1 Å². The number of anilines is 2. The monoisotopic (exact) mass is 472 g/mol. The predicted molar refractivity (Wildman–Crippen MR) is 116 cm³/mol. The first-order valence-electron chi connectivity index (χ1n) is 8.49. The number of sulfonamides is 1. The molecule has 3 rings (SSSR count). The van der Waals surface area contributed by atoms with E-state index in [2.05, 4.69) is 35.9 Å². The molecular weight excluding hydrogens is 456 g/mol. The normalized spacial score (nSPS) is 11.4. The molecular formula is C20H17BrN4O3S. The minimum absolute atomic E-state index is 0.000424. The zero-order chi connectivity index (χ0) is 20.9. The zero-order valence-electron chi connectivity index (χ0n) is 15.3. The van der Waals surface area contributed by atoms with Crippen LogP contribution in [-0.2, 0) is 14.8 Å². The van der Waals surface area contributed by atoms with E-state index in [1.165, 1.54) is 36.5 Å². The molecule has 3 aromatic rings. The van der Waals surface area contributed by atoms with Crippen LogP contribution >= 0.6 is 15.9 Å². The van der Waals surface area contributed by atoms with Crippen LogP contribution in [0.3, 0.4) is 0 Å². The Balaban J connectivity index is 1.64. The molecule has 2 aromatic carbocycles. The molecule has 0 spiro atoms. The SMILES string of the molecule is Cc1ccnc(NS(=O)(=O)c2ccc(NC(=O)C=Cc3ccc(Br)cc3)cc2)n1. The second-order valence-electron chi connectivity index (χ2n) is 6.03. The molecule has 0 radical (unpaired) electrons. The quantitative estimate of drug-likeness (QED) is 0.527. The van der Waals surface area contributed by atoms with Gasteiger partial charge in [0.2, 0.25) is 11.9 Å². The zero-order valence-corrected chi connectivity index (χ0v) is 17.7. The van der Waals surface area contributed by atoms with Crippen LogP contribution in [0, 0.1) is 6.92 Å². The lowest BCUT2D eigenvalue weighted by Crippen LogP contribution is -2.15. The van der Waals surface area contributed by atoms with E-state index < -0.39 is 10.0 Å². The predicted octanol–water partition coefficient (Wildman–Crippen LogP) is 4.00. The van der Waals surface area contributed by atoms with Crippen molar-refractivity contribution in [3.63, 3.8) is 0 Å². The summed E-state index contributed by atoms with van der Waals surface area (Å²) in [6.45, 7) is 1.74. The Morgan fingerprint density at radius 3 is 2.38 bits per heavy atom. The summed E-state index contributed by atoms with van der Waals surface area (Å²) in [6, 6.07) is 15.0. The van der Waals surface area contributed by atoms with E-state index in [1.54, 1.807) is 19.1 Å². The molecule has 0 bridgehead atoms. The molecule has 0 aliphatic heterocycles. The van der Waals surface area contributed by atoms with Crippen molar-refractivity contribution in [2.45, 2.75) is 11.8 Å². The van der Waals surface area contributed by atoms with Gasteiger partial charge in [0, 0.05) is 28.1 Å². The van der Waals surface area contributed by atoms with Crippen molar-refractivity contribution in [1.29, 1.82) is 0 Å². The second kappa shape index (κ2) is 8.97. The number of nitrogens with one attached hydrogen (secondary N) is 2. The van der Waals surface area contributed by atoms with Crippen LogP contribution < -0.4 is 10.0 Å². The van der Waals surface area contributed by atoms with Crippen LogP contribution in [-0.4, -0.2) is 24.3 Å². The standard InChI is InChI=1S/C20H17BrN4O3S/c1-14-12-13-22-20(23-14)25-29(27,28)18-9-7-17(8-10-18)24-19(26)11-4-15-2-5-16(21)6-3-15/h2-13H,1H3,(H,24,26)(H,22,23,25). The first kappa shape index (κ1) is 20.7. The largest absolute Gasteiger partial charge is 0.323 e. The number of halogens is 1. The van der Waals surface area contributed by atoms with Gasteiger partial charge in [0.25, 0.3) is 10.0 Å². The van der Waals surface area contributed by atoms with E-state index in [9.17, 15) is 13.2 Å². The van der Waals surface area contributed by atoms with Gasteiger partial charge in [0.1, 0.15) is 0 Å². The number of carbonyl (C=O) groups is 1. The van der Waals surface area contributed by atoms with Crippen molar-refractivity contribution in [3.05, 3.63) is 82.6 Å². The topological polar surface area (TPSA) is 101 Å². The van der Waals surface area contributed by atoms with Gasteiger partial charge in [-0.3, -0.25) is 4.79 Å². The minimum atomic E-state index is -3.83. The van der Waals surface area contributed by atoms with Gasteiger partial charge in [-0.2, -0.15) is 0 Å². The van der Waals surface area contributed by atoms with Crippen molar-refractivity contribution >= 4 is 49.6 Å². The number of hydrogen-bond donors (Lipinski definition) is 2. The molecule has 0 saturated carbocycles. The van der Waals surface area contributed by atoms with E-state index in [0.717, 1.165) is 10.0 Å². The molecule has 0 fully saturated rings. The molecule has 7 nitrogen and oxygen atoms in total. The van der Waals surface area contributed by atoms with Gasteiger partial charge < -0.3 is 5.32 Å². The van der Waals surface area contributed by atoms with Crippen LogP contribution in [0.5, 0.6) is 0 Å². The highest BCUT2D eigenvalue weighted by Gasteiger charge is 2.15. The summed E-state index contributed by atoms with van der Waals surface area (Å²) in [5.41, 5.74) is 2.00. The summed E-state index contributed by atoms with van der Waals surface area (Å²) in [5.74, 6) is -0.324. The van der Waals surface area contributed by atoms with Gasteiger partial charge in [-0.05, 0) is 61.0 Å². The Kier molecular flexibility index (Phi) is 6.40. The summed E-state index contributed by atoms with van der Waals surface area (Å²) in [6.07, 6.45) is 4.57. The fourth-order valence-corrected chi connectivity index (χ4v) is 3.54. The third-order valence-electron chi connectivity index (χ3n) is 3.75. The van der Waals surface area contributed by atoms with Crippen molar-refractivity contribution in [1.82, 2.24) is 9.97 Å². The Morgan fingerprint density at radius 1 is 1.03 bits per heavy atom. The maximum atomic E-state index is 12.4. The van der Waals surface area contributed by atoms with E-state index in [4.69, 9.17) is 0 Å². The highest BCUT2D eigenvalue weighted by Crippen LogP contribution is 2.17.